The number of phosphoric acid groups is 1. The van der Waals surface area contributed by atoms with Crippen LogP contribution in [0.15, 0.2) is 48.6 Å². The van der Waals surface area contributed by atoms with Crippen LogP contribution in [-0.4, -0.2) is 69.4 Å². The number of esters is 1. The van der Waals surface area contributed by atoms with Crippen LogP contribution < -0.4 is 10.2 Å². The van der Waals surface area contributed by atoms with Gasteiger partial charge in [-0.05, 0) is 63.9 Å². The van der Waals surface area contributed by atoms with Crippen LogP contribution in [0.4, 0.5) is 0 Å². The third kappa shape index (κ3) is 60.4. The van der Waals surface area contributed by atoms with Crippen molar-refractivity contribution < 1.29 is 37.3 Å². The molecule has 0 aromatic rings. The van der Waals surface area contributed by atoms with E-state index in [1.54, 1.807) is 0 Å². The van der Waals surface area contributed by atoms with Crippen molar-refractivity contribution in [1.82, 2.24) is 5.32 Å². The van der Waals surface area contributed by atoms with E-state index in [2.05, 4.69) is 62.5 Å². The first kappa shape index (κ1) is 77.0. The van der Waals surface area contributed by atoms with E-state index >= 15 is 0 Å². The van der Waals surface area contributed by atoms with Gasteiger partial charge in [0.25, 0.3) is 7.82 Å². The highest BCUT2D eigenvalue weighted by atomic mass is 31.2. The molecule has 1 N–H and O–H groups in total. The highest BCUT2D eigenvalue weighted by molar-refractivity contribution is 7.45. The lowest BCUT2D eigenvalue weighted by molar-refractivity contribution is -0.870. The smallest absolute Gasteiger partial charge is 0.306 e. The normalized spacial score (nSPS) is 13.9. The molecule has 3 unspecified atom stereocenters. The van der Waals surface area contributed by atoms with Gasteiger partial charge < -0.3 is 28.5 Å². The molecule has 0 saturated heterocycles. The van der Waals surface area contributed by atoms with E-state index in [-0.39, 0.29) is 24.9 Å². The van der Waals surface area contributed by atoms with E-state index in [9.17, 15) is 19.0 Å². The fourth-order valence-electron chi connectivity index (χ4n) is 10.1. The topological polar surface area (TPSA) is 114 Å². The second kappa shape index (κ2) is 59.1. The number of hydrogen-bond donors (Lipinski definition) is 1. The van der Waals surface area contributed by atoms with Gasteiger partial charge in [0.1, 0.15) is 19.3 Å². The number of unbranched alkanes of at least 4 members (excludes halogenated alkanes) is 40. The number of phosphoric ester groups is 1. The van der Waals surface area contributed by atoms with Gasteiger partial charge in [0, 0.05) is 12.8 Å². The Balaban J connectivity index is 4.98. The molecular weight excluding hydrogens is 1000 g/mol. The summed E-state index contributed by atoms with van der Waals surface area (Å²) in [6.45, 7) is 6.75. The summed E-state index contributed by atoms with van der Waals surface area (Å²) in [6.07, 6.45) is 73.9. The van der Waals surface area contributed by atoms with Gasteiger partial charge in [-0.3, -0.25) is 14.2 Å². The van der Waals surface area contributed by atoms with Gasteiger partial charge in [-0.25, -0.2) is 0 Å². The number of nitrogens with one attached hydrogen (secondary N) is 1. The minimum Gasteiger partial charge on any atom is -0.756 e. The number of hydrogen-bond acceptors (Lipinski definition) is 7. The van der Waals surface area contributed by atoms with Gasteiger partial charge in [0.05, 0.1) is 33.8 Å². The van der Waals surface area contributed by atoms with Crippen molar-refractivity contribution in [1.29, 1.82) is 0 Å². The summed E-state index contributed by atoms with van der Waals surface area (Å²) in [6, 6.07) is -0.898. The second-order valence-electron chi connectivity index (χ2n) is 24.3. The summed E-state index contributed by atoms with van der Waals surface area (Å²) in [5.41, 5.74) is 0. The zero-order valence-electron chi connectivity index (χ0n) is 53.1. The minimum absolute atomic E-state index is 0.0259. The van der Waals surface area contributed by atoms with Crippen molar-refractivity contribution in [3.05, 3.63) is 48.6 Å². The first-order chi connectivity index (χ1) is 38.4. The van der Waals surface area contributed by atoms with Gasteiger partial charge in [0.15, 0.2) is 0 Å². The van der Waals surface area contributed by atoms with E-state index in [4.69, 9.17) is 13.8 Å². The highest BCUT2D eigenvalue weighted by Gasteiger charge is 2.27. The molecule has 0 aliphatic heterocycles. The Morgan fingerprint density at radius 1 is 0.456 bits per heavy atom. The standard InChI is InChI=1S/C69H131N2O7P/c1-7-10-13-16-19-22-25-28-30-31-32-33-34-35-36-37-38-39-40-41-42-44-47-50-53-56-59-62-69(73)78-67(60-57-54-51-48-45-27-24-21-18-15-12-9-3)66(65-77-79(74,75)76-64-63-71(4,5)6)70-68(72)61-58-55-52-49-46-43-29-26-23-20-17-14-11-8-2/h11,14,20,23,29,43,57,60,66-67H,7-10,12-13,15-19,21-22,24-28,30-42,44-56,58-59,61-65H2,1-6H3,(H-,70,72,74,75)/b14-11+,23-20+,43-29+,60-57-. The summed E-state index contributed by atoms with van der Waals surface area (Å²) in [7, 11) is 1.18. The third-order valence-electron chi connectivity index (χ3n) is 15.3. The van der Waals surface area contributed by atoms with Gasteiger partial charge in [-0.15, -0.1) is 0 Å². The third-order valence-corrected chi connectivity index (χ3v) is 16.2. The van der Waals surface area contributed by atoms with Crippen molar-refractivity contribution in [3.8, 4) is 0 Å². The lowest BCUT2D eigenvalue weighted by Crippen LogP contribution is -2.47. The number of carbonyl (C=O) groups excluding carboxylic acids is 2. The van der Waals surface area contributed by atoms with Crippen LogP contribution in [0.1, 0.15) is 329 Å². The van der Waals surface area contributed by atoms with Crippen LogP contribution in [0.5, 0.6) is 0 Å². The first-order valence-electron chi connectivity index (χ1n) is 33.9. The monoisotopic (exact) mass is 1130 g/mol. The zero-order chi connectivity index (χ0) is 57.9. The molecule has 0 fully saturated rings. The maximum atomic E-state index is 13.5. The van der Waals surface area contributed by atoms with E-state index in [1.165, 1.54) is 205 Å². The molecule has 0 saturated carbocycles. The summed E-state index contributed by atoms with van der Waals surface area (Å²) < 4.78 is 30.3. The van der Waals surface area contributed by atoms with Crippen LogP contribution >= 0.6 is 7.82 Å². The Bertz CT molecular complexity index is 1490. The van der Waals surface area contributed by atoms with E-state index in [1.807, 2.05) is 33.3 Å². The second-order valence-corrected chi connectivity index (χ2v) is 25.7. The van der Waals surface area contributed by atoms with Crippen molar-refractivity contribution in [2.45, 2.75) is 341 Å². The molecule has 1 amide bonds. The average molecular weight is 1130 g/mol. The number of rotatable bonds is 62. The van der Waals surface area contributed by atoms with Crippen LogP contribution in [0.25, 0.3) is 0 Å². The van der Waals surface area contributed by atoms with E-state index < -0.39 is 26.6 Å². The van der Waals surface area contributed by atoms with E-state index in [0.717, 1.165) is 83.5 Å². The molecule has 0 aliphatic rings. The Kier molecular flexibility index (Phi) is 57.6. The lowest BCUT2D eigenvalue weighted by atomic mass is 10.0. The number of amides is 1. The number of nitrogens with zero attached hydrogens (tertiary/aromatic N) is 1. The number of quaternary nitrogens is 1. The molecule has 9 nitrogen and oxygen atoms in total. The van der Waals surface area contributed by atoms with E-state index in [0.29, 0.717) is 23.9 Å². The maximum absolute atomic E-state index is 13.5. The molecule has 0 bridgehead atoms. The average Bonchev–Trinajstić information content (AvgIpc) is 3.41. The van der Waals surface area contributed by atoms with Crippen molar-refractivity contribution in [2.24, 2.45) is 0 Å². The molecule has 0 rings (SSSR count). The fourth-order valence-corrected chi connectivity index (χ4v) is 10.8. The quantitative estimate of drug-likeness (QED) is 0.0212. The summed E-state index contributed by atoms with van der Waals surface area (Å²) in [4.78, 5) is 40.0. The Hall–Kier alpha value is -2.03. The SMILES string of the molecule is CC/C=C/C/C=C/C/C=C/CCCCCCC(=O)NC(COP(=O)([O-])OCC[N+](C)(C)C)C(/C=C\CCCCCCCCCCCC)OC(=O)CCCCCCCCCCCCCCCCCCCCCCCCCCCCC. The van der Waals surface area contributed by atoms with Crippen LogP contribution in [0.3, 0.4) is 0 Å². The number of carbonyl (C=O) groups is 2. The molecule has 464 valence electrons. The summed E-state index contributed by atoms with van der Waals surface area (Å²) >= 11 is 0. The van der Waals surface area contributed by atoms with Crippen LogP contribution in [0, 0.1) is 0 Å². The van der Waals surface area contributed by atoms with Crippen molar-refractivity contribution in [3.63, 3.8) is 0 Å². The molecule has 0 aromatic heterocycles. The maximum Gasteiger partial charge on any atom is 0.306 e. The van der Waals surface area contributed by atoms with Gasteiger partial charge >= 0.3 is 5.97 Å². The van der Waals surface area contributed by atoms with Crippen LogP contribution in [0.2, 0.25) is 0 Å². The van der Waals surface area contributed by atoms with Crippen LogP contribution in [-0.2, 0) is 27.9 Å². The zero-order valence-corrected chi connectivity index (χ0v) is 54.0. The molecule has 0 spiro atoms. The van der Waals surface area contributed by atoms with Crippen molar-refractivity contribution >= 4 is 19.7 Å². The van der Waals surface area contributed by atoms with Gasteiger partial charge in [-0.2, -0.15) is 0 Å². The molecule has 3 atom stereocenters. The van der Waals surface area contributed by atoms with Gasteiger partial charge in [-0.1, -0.05) is 301 Å². The van der Waals surface area contributed by atoms with Crippen molar-refractivity contribution in [2.75, 3.05) is 40.9 Å². The molecule has 0 heterocycles. The minimum atomic E-state index is -4.70. The Labute approximate surface area is 490 Å². The molecule has 79 heavy (non-hydrogen) atoms. The number of likely N-dealkylation sites (N-methyl/N-ethyl adjacent to an activating group) is 1. The summed E-state index contributed by atoms with van der Waals surface area (Å²) in [5.74, 6) is -0.554. The molecule has 0 aliphatic carbocycles. The Morgan fingerprint density at radius 2 is 0.810 bits per heavy atom. The molecule has 0 aromatic carbocycles. The molecule has 10 heteroatoms. The fraction of sp³-hybridized carbons (Fsp3) is 0.855. The Morgan fingerprint density at radius 3 is 1.22 bits per heavy atom. The molecule has 0 radical (unpaired) electrons. The highest BCUT2D eigenvalue weighted by Crippen LogP contribution is 2.38. The predicted octanol–water partition coefficient (Wildman–Crippen LogP) is 20.6. The largest absolute Gasteiger partial charge is 0.756 e. The predicted molar refractivity (Wildman–Crippen MR) is 339 cm³/mol. The molecular formula is C69H131N2O7P. The first-order valence-corrected chi connectivity index (χ1v) is 35.4. The summed E-state index contributed by atoms with van der Waals surface area (Å²) in [5, 5.41) is 3.02. The number of ether oxygens (including phenoxy) is 1. The number of allylic oxidation sites excluding steroid dienone is 7. The lowest BCUT2D eigenvalue weighted by Gasteiger charge is -2.30. The van der Waals surface area contributed by atoms with Gasteiger partial charge in [0.2, 0.25) is 5.91 Å².